The van der Waals surface area contributed by atoms with Gasteiger partial charge in [-0.1, -0.05) is 45.7 Å². The number of amides is 1. The first-order chi connectivity index (χ1) is 20.6. The summed E-state index contributed by atoms with van der Waals surface area (Å²) in [5.41, 5.74) is 6.23. The Bertz CT molecular complexity index is 1900. The number of hydrogen-bond donors (Lipinski definition) is 2. The minimum atomic E-state index is -0.713. The fraction of sp³-hybridized carbons (Fsp3) is 0.0645. The predicted octanol–water partition coefficient (Wildman–Crippen LogP) is 7.21. The number of nitro benzene ring substituents is 1. The van der Waals surface area contributed by atoms with E-state index in [1.165, 1.54) is 30.5 Å². The smallest absolute Gasteiger partial charge is 0.343 e. The van der Waals surface area contributed by atoms with E-state index in [0.717, 1.165) is 16.6 Å². The van der Waals surface area contributed by atoms with Gasteiger partial charge in [0.05, 0.1) is 16.7 Å². The lowest BCUT2D eigenvalue weighted by Gasteiger charge is -2.13. The van der Waals surface area contributed by atoms with Crippen LogP contribution in [0.3, 0.4) is 0 Å². The summed E-state index contributed by atoms with van der Waals surface area (Å²) in [6.07, 6.45) is 1.35. The van der Waals surface area contributed by atoms with Crippen LogP contribution in [0.15, 0.2) is 94.5 Å². The number of carbonyl (C=O) groups excluding carboxylic acids is 2. The maximum atomic E-state index is 13.5. The number of nitrogens with zero attached hydrogens (tertiary/aromatic N) is 3. The van der Waals surface area contributed by atoms with Gasteiger partial charge in [-0.05, 0) is 54.6 Å². The zero-order chi connectivity index (χ0) is 30.7. The minimum absolute atomic E-state index is 0.132. The molecule has 1 amide bonds. The van der Waals surface area contributed by atoms with Gasteiger partial charge in [0.25, 0.3) is 11.6 Å². The van der Waals surface area contributed by atoms with Crippen molar-refractivity contribution < 1.29 is 19.2 Å². The Labute approximate surface area is 259 Å². The number of H-pyrrole nitrogens is 1. The average Bonchev–Trinajstić information content (AvgIpc) is 3.37. The molecule has 1 aromatic heterocycles. The van der Waals surface area contributed by atoms with Crippen molar-refractivity contribution in [2.45, 2.75) is 0 Å². The van der Waals surface area contributed by atoms with Crippen molar-refractivity contribution in [3.63, 3.8) is 0 Å². The number of esters is 1. The first kappa shape index (κ1) is 29.5. The van der Waals surface area contributed by atoms with Crippen LogP contribution in [0, 0.1) is 10.1 Å². The number of aromatic amines is 1. The van der Waals surface area contributed by atoms with Crippen molar-refractivity contribution in [1.29, 1.82) is 0 Å². The van der Waals surface area contributed by atoms with Crippen LogP contribution >= 0.6 is 27.5 Å². The van der Waals surface area contributed by atoms with Crippen molar-refractivity contribution >= 4 is 67.9 Å². The van der Waals surface area contributed by atoms with Crippen molar-refractivity contribution in [1.82, 2.24) is 10.4 Å². The second-order valence-electron chi connectivity index (χ2n) is 9.55. The van der Waals surface area contributed by atoms with Crippen molar-refractivity contribution in [2.75, 3.05) is 19.0 Å². The van der Waals surface area contributed by atoms with Crippen LogP contribution in [0.4, 0.5) is 11.4 Å². The molecule has 0 fully saturated rings. The molecule has 0 saturated heterocycles. The Morgan fingerprint density at radius 2 is 1.79 bits per heavy atom. The van der Waals surface area contributed by atoms with Gasteiger partial charge >= 0.3 is 5.97 Å². The summed E-state index contributed by atoms with van der Waals surface area (Å²) >= 11 is 9.95. The Balaban J connectivity index is 1.42. The number of halogens is 2. The lowest BCUT2D eigenvalue weighted by molar-refractivity contribution is -0.384. The summed E-state index contributed by atoms with van der Waals surface area (Å²) in [4.78, 5) is 41.7. The normalized spacial score (nSPS) is 11.1. The number of hydrogen-bond acceptors (Lipinski definition) is 7. The number of anilines is 1. The molecule has 43 heavy (non-hydrogen) atoms. The number of rotatable bonds is 8. The molecule has 2 N–H and O–H groups in total. The number of fused-ring (bicyclic) bond motifs is 1. The van der Waals surface area contributed by atoms with Crippen LogP contribution in [-0.4, -0.2) is 42.1 Å². The zero-order valence-corrected chi connectivity index (χ0v) is 25.1. The molecule has 10 nitrogen and oxygen atoms in total. The molecule has 216 valence electrons. The van der Waals surface area contributed by atoms with Gasteiger partial charge in [0.2, 0.25) is 0 Å². The molecule has 0 radical (unpaired) electrons. The van der Waals surface area contributed by atoms with Gasteiger partial charge in [-0.15, -0.1) is 0 Å². The third-order valence-electron chi connectivity index (χ3n) is 6.53. The summed E-state index contributed by atoms with van der Waals surface area (Å²) < 4.78 is 6.22. The maximum absolute atomic E-state index is 13.5. The van der Waals surface area contributed by atoms with Crippen LogP contribution in [0.5, 0.6) is 5.75 Å². The lowest BCUT2D eigenvalue weighted by atomic mass is 10.0. The third kappa shape index (κ3) is 6.42. The van der Waals surface area contributed by atoms with Crippen LogP contribution in [-0.2, 0) is 0 Å². The molecular formula is C31H23BrClN5O5. The highest BCUT2D eigenvalue weighted by Crippen LogP contribution is 2.38. The molecule has 0 aliphatic carbocycles. The van der Waals surface area contributed by atoms with Gasteiger partial charge < -0.3 is 14.6 Å². The molecule has 5 aromatic rings. The molecule has 0 aliphatic heterocycles. The highest BCUT2D eigenvalue weighted by atomic mass is 79.9. The number of non-ortho nitro benzene ring substituents is 1. The van der Waals surface area contributed by atoms with E-state index in [0.29, 0.717) is 26.2 Å². The summed E-state index contributed by atoms with van der Waals surface area (Å²) in [7, 11) is 3.87. The van der Waals surface area contributed by atoms with Crippen LogP contribution < -0.4 is 15.1 Å². The Morgan fingerprint density at radius 1 is 1.05 bits per heavy atom. The number of nitro groups is 1. The fourth-order valence-electron chi connectivity index (χ4n) is 4.38. The molecule has 0 bridgehead atoms. The molecular weight excluding hydrogens is 638 g/mol. The van der Waals surface area contributed by atoms with E-state index in [4.69, 9.17) is 16.3 Å². The van der Waals surface area contributed by atoms with Gasteiger partial charge in [-0.2, -0.15) is 5.10 Å². The topological polar surface area (TPSA) is 130 Å². The van der Waals surface area contributed by atoms with E-state index in [-0.39, 0.29) is 22.7 Å². The van der Waals surface area contributed by atoms with Crippen LogP contribution in [0.1, 0.15) is 26.4 Å². The number of nitrogens with one attached hydrogen (secondary N) is 2. The molecule has 4 aromatic carbocycles. The first-order valence-electron chi connectivity index (χ1n) is 12.8. The van der Waals surface area contributed by atoms with E-state index in [1.54, 1.807) is 24.3 Å². The number of benzene rings is 4. The third-order valence-corrected chi connectivity index (χ3v) is 7.35. The Kier molecular flexibility index (Phi) is 8.56. The van der Waals surface area contributed by atoms with Crippen molar-refractivity contribution in [2.24, 2.45) is 5.10 Å². The molecule has 12 heteroatoms. The van der Waals surface area contributed by atoms with E-state index >= 15 is 0 Å². The SMILES string of the molecule is CN(C)c1ccc2[nH]c(C(=O)NN=Cc3cc(Br)ccc3OC(=O)c3ccc([N+](=O)[O-])cc3)c(-c3ccccc3Cl)c2c1. The van der Waals surface area contributed by atoms with Crippen molar-refractivity contribution in [3.05, 3.63) is 121 Å². The molecule has 5 rings (SSSR count). The van der Waals surface area contributed by atoms with Gasteiger partial charge in [0.1, 0.15) is 11.4 Å². The minimum Gasteiger partial charge on any atom is -0.422 e. The van der Waals surface area contributed by atoms with E-state index < -0.39 is 16.8 Å². The standard InChI is InChI=1S/C31H23BrClN5O5/c1-37(2)22-12-13-26-24(16-22)28(23-5-3-4-6-25(23)33)29(35-26)30(39)36-34-17-19-15-20(32)9-14-27(19)43-31(40)18-7-10-21(11-8-18)38(41)42/h3-17,35H,1-2H3,(H,36,39). The van der Waals surface area contributed by atoms with E-state index in [9.17, 15) is 19.7 Å². The molecule has 0 atom stereocenters. The molecule has 1 heterocycles. The van der Waals surface area contributed by atoms with Crippen molar-refractivity contribution in [3.8, 4) is 16.9 Å². The molecule has 0 aliphatic rings. The summed E-state index contributed by atoms with van der Waals surface area (Å²) in [5.74, 6) is -1.05. The van der Waals surface area contributed by atoms with Crippen LogP contribution in [0.2, 0.25) is 5.02 Å². The number of carbonyl (C=O) groups is 2. The largest absolute Gasteiger partial charge is 0.422 e. The predicted molar refractivity (Wildman–Crippen MR) is 170 cm³/mol. The second-order valence-corrected chi connectivity index (χ2v) is 10.9. The molecule has 0 saturated carbocycles. The number of hydrazone groups is 1. The van der Waals surface area contributed by atoms with Gasteiger partial charge in [-0.25, -0.2) is 10.2 Å². The zero-order valence-electron chi connectivity index (χ0n) is 22.8. The fourth-order valence-corrected chi connectivity index (χ4v) is 4.99. The van der Waals surface area contributed by atoms with Crippen LogP contribution in [0.25, 0.3) is 22.0 Å². The first-order valence-corrected chi connectivity index (χ1v) is 14.0. The quantitative estimate of drug-likeness (QED) is 0.0595. The average molecular weight is 661 g/mol. The molecule has 0 unspecified atom stereocenters. The maximum Gasteiger partial charge on any atom is 0.343 e. The number of aromatic nitrogens is 1. The number of ether oxygens (including phenoxy) is 1. The van der Waals surface area contributed by atoms with E-state index in [2.05, 4.69) is 31.4 Å². The highest BCUT2D eigenvalue weighted by molar-refractivity contribution is 9.10. The monoisotopic (exact) mass is 659 g/mol. The van der Waals surface area contributed by atoms with Gasteiger partial charge in [0, 0.05) is 69.0 Å². The Morgan fingerprint density at radius 3 is 2.49 bits per heavy atom. The van der Waals surface area contributed by atoms with Gasteiger partial charge in [-0.3, -0.25) is 14.9 Å². The van der Waals surface area contributed by atoms with Gasteiger partial charge in [0.15, 0.2) is 0 Å². The van der Waals surface area contributed by atoms with E-state index in [1.807, 2.05) is 55.4 Å². The highest BCUT2D eigenvalue weighted by Gasteiger charge is 2.21. The summed E-state index contributed by atoms with van der Waals surface area (Å²) in [6, 6.07) is 23.1. The summed E-state index contributed by atoms with van der Waals surface area (Å²) in [6.45, 7) is 0. The lowest BCUT2D eigenvalue weighted by Crippen LogP contribution is -2.19. The molecule has 0 spiro atoms. The Hall–Kier alpha value is -5.00. The summed E-state index contributed by atoms with van der Waals surface area (Å²) in [5, 5.41) is 16.4. The second kappa shape index (κ2) is 12.5.